The van der Waals surface area contributed by atoms with Crippen molar-refractivity contribution >= 4 is 23.5 Å². The zero-order valence-electron chi connectivity index (χ0n) is 15.6. The molecule has 0 unspecified atom stereocenters. The van der Waals surface area contributed by atoms with Gasteiger partial charge in [0.05, 0.1) is 0 Å². The standard InChI is InChI=1S/C20H24F3N3OS/c1-2-3-9-25-17-11-15(19(27)26-13-20(21,22)23)12-18(28-24)16(17)10-14-7-5-4-6-8-14/h4-8,11-12,25H,2-3,9-10,13,24H2,1H3,(H,26,27). The van der Waals surface area contributed by atoms with Gasteiger partial charge in [0.25, 0.3) is 5.91 Å². The van der Waals surface area contributed by atoms with Crippen LogP contribution >= 0.6 is 11.9 Å². The van der Waals surface area contributed by atoms with Crippen LogP contribution in [0.1, 0.15) is 41.3 Å². The summed E-state index contributed by atoms with van der Waals surface area (Å²) in [5.41, 5.74) is 2.85. The van der Waals surface area contributed by atoms with Crippen molar-refractivity contribution < 1.29 is 18.0 Å². The number of hydrogen-bond donors (Lipinski definition) is 3. The molecule has 2 aromatic rings. The van der Waals surface area contributed by atoms with Crippen LogP contribution in [-0.2, 0) is 6.42 Å². The molecule has 0 fully saturated rings. The van der Waals surface area contributed by atoms with Crippen LogP contribution in [0.25, 0.3) is 0 Å². The summed E-state index contributed by atoms with van der Waals surface area (Å²) in [6.07, 6.45) is -1.94. The third-order valence-corrected chi connectivity index (χ3v) is 4.74. The van der Waals surface area contributed by atoms with Gasteiger partial charge in [0, 0.05) is 29.1 Å². The number of alkyl halides is 3. The Labute approximate surface area is 167 Å². The monoisotopic (exact) mass is 411 g/mol. The molecule has 0 saturated heterocycles. The van der Waals surface area contributed by atoms with E-state index < -0.39 is 18.6 Å². The zero-order valence-corrected chi connectivity index (χ0v) is 16.4. The molecule has 0 aliphatic rings. The molecule has 0 atom stereocenters. The van der Waals surface area contributed by atoms with Crippen LogP contribution in [0.3, 0.4) is 0 Å². The van der Waals surface area contributed by atoms with E-state index in [0.717, 1.165) is 35.9 Å². The summed E-state index contributed by atoms with van der Waals surface area (Å²) >= 11 is 0.981. The zero-order chi connectivity index (χ0) is 20.6. The third-order valence-electron chi connectivity index (χ3n) is 4.12. The highest BCUT2D eigenvalue weighted by Crippen LogP contribution is 2.31. The van der Waals surface area contributed by atoms with E-state index in [1.54, 1.807) is 12.1 Å². The van der Waals surface area contributed by atoms with Crippen molar-refractivity contribution in [2.24, 2.45) is 5.14 Å². The Morgan fingerprint density at radius 2 is 1.89 bits per heavy atom. The molecule has 0 spiro atoms. The van der Waals surface area contributed by atoms with Gasteiger partial charge >= 0.3 is 6.18 Å². The average Bonchev–Trinajstić information content (AvgIpc) is 2.67. The van der Waals surface area contributed by atoms with E-state index in [0.29, 0.717) is 23.5 Å². The second-order valence-corrected chi connectivity index (χ2v) is 7.03. The van der Waals surface area contributed by atoms with Crippen molar-refractivity contribution in [3.63, 3.8) is 0 Å². The van der Waals surface area contributed by atoms with Gasteiger partial charge in [0.1, 0.15) is 6.54 Å². The minimum Gasteiger partial charge on any atom is -0.385 e. The number of hydrogen-bond acceptors (Lipinski definition) is 4. The first-order valence-electron chi connectivity index (χ1n) is 9.00. The van der Waals surface area contributed by atoms with E-state index in [2.05, 4.69) is 12.2 Å². The van der Waals surface area contributed by atoms with Gasteiger partial charge in [0.2, 0.25) is 0 Å². The molecule has 8 heteroatoms. The first-order chi connectivity index (χ1) is 13.3. The van der Waals surface area contributed by atoms with E-state index in [1.807, 2.05) is 35.6 Å². The predicted molar refractivity (Wildman–Crippen MR) is 108 cm³/mol. The molecule has 0 saturated carbocycles. The predicted octanol–water partition coefficient (Wildman–Crippen LogP) is 4.75. The maximum absolute atomic E-state index is 12.4. The van der Waals surface area contributed by atoms with Gasteiger partial charge in [-0.05, 0) is 41.6 Å². The van der Waals surface area contributed by atoms with Gasteiger partial charge < -0.3 is 10.6 Å². The molecule has 0 radical (unpaired) electrons. The molecule has 152 valence electrons. The number of halogens is 3. The summed E-state index contributed by atoms with van der Waals surface area (Å²) in [7, 11) is 0. The van der Waals surface area contributed by atoms with Crippen molar-refractivity contribution in [2.75, 3.05) is 18.4 Å². The van der Waals surface area contributed by atoms with Crippen LogP contribution in [0.4, 0.5) is 18.9 Å². The van der Waals surface area contributed by atoms with Crippen LogP contribution in [0, 0.1) is 0 Å². The maximum Gasteiger partial charge on any atom is 0.405 e. The largest absolute Gasteiger partial charge is 0.405 e. The molecule has 2 aromatic carbocycles. The highest BCUT2D eigenvalue weighted by Gasteiger charge is 2.28. The highest BCUT2D eigenvalue weighted by atomic mass is 32.2. The summed E-state index contributed by atoms with van der Waals surface area (Å²) in [4.78, 5) is 12.9. The Bertz CT molecular complexity index is 782. The van der Waals surface area contributed by atoms with E-state index in [9.17, 15) is 18.0 Å². The van der Waals surface area contributed by atoms with Crippen molar-refractivity contribution in [1.29, 1.82) is 0 Å². The molecular weight excluding hydrogens is 387 g/mol. The molecule has 0 aromatic heterocycles. The molecular formula is C20H24F3N3OS. The molecule has 28 heavy (non-hydrogen) atoms. The number of carbonyl (C=O) groups excluding carboxylic acids is 1. The van der Waals surface area contributed by atoms with Crippen molar-refractivity contribution in [3.8, 4) is 0 Å². The van der Waals surface area contributed by atoms with Crippen molar-refractivity contribution in [1.82, 2.24) is 5.32 Å². The minimum atomic E-state index is -4.46. The summed E-state index contributed by atoms with van der Waals surface area (Å²) < 4.78 is 37.3. The van der Waals surface area contributed by atoms with Gasteiger partial charge in [-0.2, -0.15) is 13.2 Å². The summed E-state index contributed by atoms with van der Waals surface area (Å²) in [5, 5.41) is 11.0. The van der Waals surface area contributed by atoms with Gasteiger partial charge in [-0.15, -0.1) is 0 Å². The number of unbranched alkanes of at least 4 members (excludes halogenated alkanes) is 1. The van der Waals surface area contributed by atoms with Gasteiger partial charge in [0.15, 0.2) is 0 Å². The highest BCUT2D eigenvalue weighted by molar-refractivity contribution is 7.97. The number of anilines is 1. The molecule has 2 rings (SSSR count). The van der Waals surface area contributed by atoms with E-state index >= 15 is 0 Å². The van der Waals surface area contributed by atoms with Crippen LogP contribution in [0.2, 0.25) is 0 Å². The smallest absolute Gasteiger partial charge is 0.385 e. The lowest BCUT2D eigenvalue weighted by Crippen LogP contribution is -2.33. The normalized spacial score (nSPS) is 11.3. The van der Waals surface area contributed by atoms with E-state index in [1.165, 1.54) is 0 Å². The Balaban J connectivity index is 2.35. The number of nitrogens with two attached hydrogens (primary N) is 1. The van der Waals surface area contributed by atoms with Gasteiger partial charge in [-0.25, -0.2) is 0 Å². The number of carbonyl (C=O) groups is 1. The molecule has 4 N–H and O–H groups in total. The molecule has 0 heterocycles. The van der Waals surface area contributed by atoms with Crippen LogP contribution < -0.4 is 15.8 Å². The second-order valence-electron chi connectivity index (χ2n) is 6.36. The van der Waals surface area contributed by atoms with Crippen LogP contribution in [-0.4, -0.2) is 25.2 Å². The van der Waals surface area contributed by atoms with Crippen LogP contribution in [0.15, 0.2) is 47.4 Å². The molecule has 0 aliphatic carbocycles. The Hall–Kier alpha value is -2.19. The number of nitrogens with one attached hydrogen (secondary N) is 2. The molecule has 0 aliphatic heterocycles. The number of benzene rings is 2. The van der Waals surface area contributed by atoms with E-state index in [-0.39, 0.29) is 5.56 Å². The summed E-state index contributed by atoms with van der Waals surface area (Å²) in [6, 6.07) is 12.9. The summed E-state index contributed by atoms with van der Waals surface area (Å²) in [6.45, 7) is 1.39. The number of amides is 1. The first-order valence-corrected chi connectivity index (χ1v) is 9.88. The molecule has 1 amide bonds. The Morgan fingerprint density at radius 3 is 2.50 bits per heavy atom. The average molecular weight is 411 g/mol. The first kappa shape index (κ1) is 22.1. The SMILES string of the molecule is CCCCNc1cc(C(=O)NCC(F)(F)F)cc(SN)c1Cc1ccccc1. The fourth-order valence-corrected chi connectivity index (χ4v) is 3.22. The lowest BCUT2D eigenvalue weighted by molar-refractivity contribution is -0.123. The number of rotatable bonds is 9. The fraction of sp³-hybridized carbons (Fsp3) is 0.350. The molecule has 0 bridgehead atoms. The summed E-state index contributed by atoms with van der Waals surface area (Å²) in [5.74, 6) is -0.780. The van der Waals surface area contributed by atoms with Gasteiger partial charge in [-0.3, -0.25) is 9.93 Å². The van der Waals surface area contributed by atoms with Crippen molar-refractivity contribution in [3.05, 3.63) is 59.2 Å². The topological polar surface area (TPSA) is 67.2 Å². The lowest BCUT2D eigenvalue weighted by atomic mass is 10.0. The maximum atomic E-state index is 12.4. The fourth-order valence-electron chi connectivity index (χ4n) is 2.70. The van der Waals surface area contributed by atoms with Crippen molar-refractivity contribution in [2.45, 2.75) is 37.3 Å². The van der Waals surface area contributed by atoms with Gasteiger partial charge in [-0.1, -0.05) is 43.7 Å². The third kappa shape index (κ3) is 6.76. The van der Waals surface area contributed by atoms with Crippen LogP contribution in [0.5, 0.6) is 0 Å². The second kappa shape index (κ2) is 10.4. The molecule has 4 nitrogen and oxygen atoms in total. The Morgan fingerprint density at radius 1 is 1.18 bits per heavy atom. The minimum absolute atomic E-state index is 0.146. The lowest BCUT2D eigenvalue weighted by Gasteiger charge is -2.18. The van der Waals surface area contributed by atoms with E-state index in [4.69, 9.17) is 5.14 Å². The quantitative estimate of drug-likeness (QED) is 0.412. The Kier molecular flexibility index (Phi) is 8.19.